The minimum absolute atomic E-state index is 0.0780. The lowest BCUT2D eigenvalue weighted by Gasteiger charge is -2.07. The Labute approximate surface area is 107 Å². The molecule has 1 aliphatic heterocycles. The van der Waals surface area contributed by atoms with Crippen molar-refractivity contribution < 1.29 is 12.9 Å². The van der Waals surface area contributed by atoms with E-state index in [2.05, 4.69) is 17.1 Å². The Morgan fingerprint density at radius 3 is 2.89 bits per heavy atom. The first-order chi connectivity index (χ1) is 8.55. The summed E-state index contributed by atoms with van der Waals surface area (Å²) in [7, 11) is -2.92. The SMILES string of the molecule is CCCC(CN)c1nc(C2CCS(=O)(=O)C2)no1. The molecule has 1 saturated heterocycles. The summed E-state index contributed by atoms with van der Waals surface area (Å²) in [6, 6.07) is 0. The summed E-state index contributed by atoms with van der Waals surface area (Å²) in [6.07, 6.45) is 2.49. The molecule has 2 N–H and O–H groups in total. The van der Waals surface area contributed by atoms with Gasteiger partial charge in [-0.1, -0.05) is 18.5 Å². The molecule has 0 amide bonds. The fourth-order valence-corrected chi connectivity index (χ4v) is 4.01. The van der Waals surface area contributed by atoms with E-state index in [0.29, 0.717) is 24.7 Å². The topological polar surface area (TPSA) is 99.1 Å². The van der Waals surface area contributed by atoms with Crippen LogP contribution in [0, 0.1) is 0 Å². The monoisotopic (exact) mass is 273 g/mol. The maximum Gasteiger partial charge on any atom is 0.231 e. The van der Waals surface area contributed by atoms with Crippen molar-refractivity contribution in [3.63, 3.8) is 0 Å². The summed E-state index contributed by atoms with van der Waals surface area (Å²) < 4.78 is 28.0. The van der Waals surface area contributed by atoms with Gasteiger partial charge in [-0.05, 0) is 12.8 Å². The van der Waals surface area contributed by atoms with Gasteiger partial charge in [0.1, 0.15) is 0 Å². The van der Waals surface area contributed by atoms with Crippen molar-refractivity contribution >= 4 is 9.84 Å². The van der Waals surface area contributed by atoms with Crippen LogP contribution in [0.5, 0.6) is 0 Å². The molecule has 2 heterocycles. The fourth-order valence-electron chi connectivity index (χ4n) is 2.27. The molecule has 1 fully saturated rings. The van der Waals surface area contributed by atoms with Crippen molar-refractivity contribution in [1.29, 1.82) is 0 Å². The van der Waals surface area contributed by atoms with Crippen LogP contribution in [0.4, 0.5) is 0 Å². The molecular formula is C11H19N3O3S. The van der Waals surface area contributed by atoms with E-state index < -0.39 is 9.84 Å². The molecule has 0 bridgehead atoms. The Hall–Kier alpha value is -0.950. The van der Waals surface area contributed by atoms with Gasteiger partial charge in [0.15, 0.2) is 15.7 Å². The first-order valence-electron chi connectivity index (χ1n) is 6.29. The average molecular weight is 273 g/mol. The molecule has 0 aromatic carbocycles. The predicted molar refractivity (Wildman–Crippen MR) is 67.0 cm³/mol. The van der Waals surface area contributed by atoms with Crippen molar-refractivity contribution in [2.24, 2.45) is 5.73 Å². The molecule has 1 aromatic rings. The van der Waals surface area contributed by atoms with Gasteiger partial charge in [0, 0.05) is 12.5 Å². The second kappa shape index (κ2) is 5.36. The average Bonchev–Trinajstić information content (AvgIpc) is 2.92. The third-order valence-corrected chi connectivity index (χ3v) is 5.09. The molecule has 0 spiro atoms. The van der Waals surface area contributed by atoms with Gasteiger partial charge in [0.05, 0.1) is 17.4 Å². The Kier molecular flexibility index (Phi) is 4.01. The molecule has 2 unspecified atom stereocenters. The molecule has 0 saturated carbocycles. The Balaban J connectivity index is 2.11. The van der Waals surface area contributed by atoms with Gasteiger partial charge in [0.25, 0.3) is 0 Å². The molecule has 1 aromatic heterocycles. The number of hydrogen-bond donors (Lipinski definition) is 1. The highest BCUT2D eigenvalue weighted by atomic mass is 32.2. The Morgan fingerprint density at radius 2 is 2.33 bits per heavy atom. The number of rotatable bonds is 5. The van der Waals surface area contributed by atoms with Crippen molar-refractivity contribution in [2.75, 3.05) is 18.1 Å². The summed E-state index contributed by atoms with van der Waals surface area (Å²) in [5.41, 5.74) is 5.67. The van der Waals surface area contributed by atoms with Gasteiger partial charge in [-0.3, -0.25) is 0 Å². The second-order valence-corrected chi connectivity index (χ2v) is 7.04. The molecular weight excluding hydrogens is 254 g/mol. The standard InChI is InChI=1S/C11H19N3O3S/c1-2-3-8(6-12)11-13-10(14-17-11)9-4-5-18(15,16)7-9/h8-9H,2-7,12H2,1H3. The Morgan fingerprint density at radius 1 is 1.56 bits per heavy atom. The molecule has 1 aliphatic rings. The van der Waals surface area contributed by atoms with E-state index in [9.17, 15) is 8.42 Å². The molecule has 18 heavy (non-hydrogen) atoms. The summed E-state index contributed by atoms with van der Waals surface area (Å²) in [4.78, 5) is 4.33. The van der Waals surface area contributed by atoms with Crippen molar-refractivity contribution in [3.05, 3.63) is 11.7 Å². The normalized spacial score (nSPS) is 24.2. The van der Waals surface area contributed by atoms with Crippen LogP contribution >= 0.6 is 0 Å². The van der Waals surface area contributed by atoms with E-state index in [1.54, 1.807) is 0 Å². The van der Waals surface area contributed by atoms with E-state index >= 15 is 0 Å². The number of nitrogens with two attached hydrogens (primary N) is 1. The molecule has 2 rings (SSSR count). The lowest BCUT2D eigenvalue weighted by atomic mass is 10.0. The first-order valence-corrected chi connectivity index (χ1v) is 8.12. The highest BCUT2D eigenvalue weighted by molar-refractivity contribution is 7.91. The van der Waals surface area contributed by atoms with Gasteiger partial charge in [-0.25, -0.2) is 8.42 Å². The third-order valence-electron chi connectivity index (χ3n) is 3.33. The zero-order valence-electron chi connectivity index (χ0n) is 10.5. The molecule has 7 heteroatoms. The highest BCUT2D eigenvalue weighted by Gasteiger charge is 2.32. The minimum atomic E-state index is -2.92. The number of hydrogen-bond acceptors (Lipinski definition) is 6. The van der Waals surface area contributed by atoms with Crippen LogP contribution in [0.25, 0.3) is 0 Å². The molecule has 6 nitrogen and oxygen atoms in total. The zero-order chi connectivity index (χ0) is 13.2. The van der Waals surface area contributed by atoms with Crippen LogP contribution < -0.4 is 5.73 Å². The lowest BCUT2D eigenvalue weighted by Crippen LogP contribution is -2.13. The van der Waals surface area contributed by atoms with Crippen LogP contribution in [0.1, 0.15) is 49.7 Å². The number of nitrogens with zero attached hydrogens (tertiary/aromatic N) is 2. The third kappa shape index (κ3) is 2.89. The van der Waals surface area contributed by atoms with Crippen LogP contribution in [-0.4, -0.2) is 36.6 Å². The number of aromatic nitrogens is 2. The van der Waals surface area contributed by atoms with E-state index in [-0.39, 0.29) is 23.3 Å². The largest absolute Gasteiger partial charge is 0.339 e. The molecule has 2 atom stereocenters. The van der Waals surface area contributed by atoms with E-state index in [4.69, 9.17) is 10.3 Å². The second-order valence-electron chi connectivity index (χ2n) is 4.81. The van der Waals surface area contributed by atoms with Crippen LogP contribution in [0.3, 0.4) is 0 Å². The summed E-state index contributed by atoms with van der Waals surface area (Å²) in [5.74, 6) is 1.37. The highest BCUT2D eigenvalue weighted by Crippen LogP contribution is 2.28. The molecule has 102 valence electrons. The van der Waals surface area contributed by atoms with E-state index in [1.165, 1.54) is 0 Å². The summed E-state index contributed by atoms with van der Waals surface area (Å²) in [6.45, 7) is 2.54. The first kappa shape index (κ1) is 13.5. The summed E-state index contributed by atoms with van der Waals surface area (Å²) >= 11 is 0. The van der Waals surface area contributed by atoms with Crippen LogP contribution in [0.15, 0.2) is 4.52 Å². The zero-order valence-corrected chi connectivity index (χ0v) is 11.3. The minimum Gasteiger partial charge on any atom is -0.339 e. The van der Waals surface area contributed by atoms with Crippen molar-refractivity contribution in [3.8, 4) is 0 Å². The molecule has 0 aliphatic carbocycles. The van der Waals surface area contributed by atoms with Crippen LogP contribution in [-0.2, 0) is 9.84 Å². The van der Waals surface area contributed by atoms with Crippen molar-refractivity contribution in [2.45, 2.75) is 38.0 Å². The Bertz CT molecular complexity index is 497. The van der Waals surface area contributed by atoms with Crippen LogP contribution in [0.2, 0.25) is 0 Å². The number of sulfone groups is 1. The smallest absolute Gasteiger partial charge is 0.231 e. The quantitative estimate of drug-likeness (QED) is 0.852. The van der Waals surface area contributed by atoms with Gasteiger partial charge in [-0.15, -0.1) is 0 Å². The maximum atomic E-state index is 11.4. The fraction of sp³-hybridized carbons (Fsp3) is 0.818. The summed E-state index contributed by atoms with van der Waals surface area (Å²) in [5, 5.41) is 3.91. The van der Waals surface area contributed by atoms with Gasteiger partial charge in [0.2, 0.25) is 5.89 Å². The predicted octanol–water partition coefficient (Wildman–Crippen LogP) is 0.814. The van der Waals surface area contributed by atoms with E-state index in [1.807, 2.05) is 0 Å². The van der Waals surface area contributed by atoms with Gasteiger partial charge in [-0.2, -0.15) is 4.98 Å². The molecule has 0 radical (unpaired) electrons. The van der Waals surface area contributed by atoms with E-state index in [0.717, 1.165) is 12.8 Å². The van der Waals surface area contributed by atoms with Crippen molar-refractivity contribution in [1.82, 2.24) is 10.1 Å². The maximum absolute atomic E-state index is 11.4. The van der Waals surface area contributed by atoms with Gasteiger partial charge >= 0.3 is 0 Å². The van der Waals surface area contributed by atoms with Gasteiger partial charge < -0.3 is 10.3 Å². The lowest BCUT2D eigenvalue weighted by molar-refractivity contribution is 0.342.